The topological polar surface area (TPSA) is 52.6 Å². The van der Waals surface area contributed by atoms with Crippen LogP contribution in [0.15, 0.2) is 12.2 Å². The summed E-state index contributed by atoms with van der Waals surface area (Å²) in [6, 6.07) is 0. The van der Waals surface area contributed by atoms with Gasteiger partial charge in [-0.05, 0) is 25.7 Å². The third kappa shape index (κ3) is 16.6. The molecule has 0 unspecified atom stereocenters. The molecule has 0 bridgehead atoms. The molecule has 0 aliphatic heterocycles. The fourth-order valence-corrected chi connectivity index (χ4v) is 1.82. The molecule has 0 fully saturated rings. The molecule has 21 heavy (non-hydrogen) atoms. The highest BCUT2D eigenvalue weighted by Gasteiger charge is 2.01. The molecule has 0 saturated carbocycles. The third-order valence-corrected chi connectivity index (χ3v) is 3.06. The molecule has 0 amide bonds. The summed E-state index contributed by atoms with van der Waals surface area (Å²) in [5, 5.41) is 0. The molecular formula is C17H30O4. The molecule has 0 radical (unpaired) electrons. The van der Waals surface area contributed by atoms with Crippen LogP contribution in [0.2, 0.25) is 0 Å². The second-order valence-corrected chi connectivity index (χ2v) is 5.15. The molecule has 0 aromatic carbocycles. The van der Waals surface area contributed by atoms with Crippen LogP contribution in [-0.2, 0) is 19.1 Å². The van der Waals surface area contributed by atoms with Gasteiger partial charge in [-0.25, -0.2) is 0 Å². The highest BCUT2D eigenvalue weighted by Crippen LogP contribution is 2.08. The maximum absolute atomic E-state index is 11.3. The lowest BCUT2D eigenvalue weighted by molar-refractivity contribution is -0.144. The van der Waals surface area contributed by atoms with Crippen molar-refractivity contribution in [1.29, 1.82) is 0 Å². The molecule has 0 rings (SSSR count). The lowest BCUT2D eigenvalue weighted by Crippen LogP contribution is -2.05. The SMILES string of the molecule is CCCCOC(=O)CCCCCCCC=CCOC(C)=O. The maximum Gasteiger partial charge on any atom is 0.305 e. The van der Waals surface area contributed by atoms with Crippen molar-refractivity contribution < 1.29 is 19.1 Å². The van der Waals surface area contributed by atoms with Crippen molar-refractivity contribution in [3.05, 3.63) is 12.2 Å². The minimum Gasteiger partial charge on any atom is -0.466 e. The standard InChI is InChI=1S/C17H30O4/c1-3-4-14-21-17(19)13-11-9-7-5-6-8-10-12-15-20-16(2)18/h10,12H,3-9,11,13-15H2,1-2H3. The third-order valence-electron chi connectivity index (χ3n) is 3.06. The summed E-state index contributed by atoms with van der Waals surface area (Å²) in [7, 11) is 0. The zero-order valence-electron chi connectivity index (χ0n) is 13.6. The van der Waals surface area contributed by atoms with E-state index in [4.69, 9.17) is 9.47 Å². The Hall–Kier alpha value is -1.32. The highest BCUT2D eigenvalue weighted by atomic mass is 16.5. The number of allylic oxidation sites excluding steroid dienone is 1. The number of rotatable bonds is 13. The molecule has 0 aromatic heterocycles. The first-order valence-corrected chi connectivity index (χ1v) is 8.10. The first-order chi connectivity index (χ1) is 10.2. The average molecular weight is 298 g/mol. The van der Waals surface area contributed by atoms with Gasteiger partial charge in [0.2, 0.25) is 0 Å². The van der Waals surface area contributed by atoms with Crippen LogP contribution in [0.25, 0.3) is 0 Å². The van der Waals surface area contributed by atoms with E-state index in [1.54, 1.807) is 0 Å². The molecule has 0 aliphatic rings. The van der Waals surface area contributed by atoms with Crippen LogP contribution in [0.4, 0.5) is 0 Å². The van der Waals surface area contributed by atoms with Gasteiger partial charge in [0.05, 0.1) is 6.61 Å². The van der Waals surface area contributed by atoms with Crippen molar-refractivity contribution in [2.45, 2.75) is 71.6 Å². The van der Waals surface area contributed by atoms with Gasteiger partial charge in [-0.15, -0.1) is 0 Å². The van der Waals surface area contributed by atoms with Crippen LogP contribution in [0.5, 0.6) is 0 Å². The average Bonchev–Trinajstić information content (AvgIpc) is 2.44. The molecular weight excluding hydrogens is 268 g/mol. The molecule has 0 aromatic rings. The Morgan fingerprint density at radius 3 is 2.33 bits per heavy atom. The van der Waals surface area contributed by atoms with Gasteiger partial charge >= 0.3 is 11.9 Å². The number of esters is 2. The Morgan fingerprint density at radius 2 is 1.62 bits per heavy atom. The second kappa shape index (κ2) is 15.1. The van der Waals surface area contributed by atoms with Gasteiger partial charge in [0, 0.05) is 13.3 Å². The lowest BCUT2D eigenvalue weighted by Gasteiger charge is -2.03. The van der Waals surface area contributed by atoms with Crippen LogP contribution < -0.4 is 0 Å². The van der Waals surface area contributed by atoms with Crippen LogP contribution in [0, 0.1) is 0 Å². The quantitative estimate of drug-likeness (QED) is 0.291. The van der Waals surface area contributed by atoms with Crippen LogP contribution in [-0.4, -0.2) is 25.2 Å². The lowest BCUT2D eigenvalue weighted by atomic mass is 10.1. The Bertz CT molecular complexity index is 297. The Morgan fingerprint density at radius 1 is 0.905 bits per heavy atom. The van der Waals surface area contributed by atoms with Crippen molar-refractivity contribution in [3.63, 3.8) is 0 Å². The number of carbonyl (C=O) groups excluding carboxylic acids is 2. The van der Waals surface area contributed by atoms with Crippen LogP contribution in [0.3, 0.4) is 0 Å². The molecule has 0 spiro atoms. The predicted molar refractivity (Wildman–Crippen MR) is 84.0 cm³/mol. The summed E-state index contributed by atoms with van der Waals surface area (Å²) >= 11 is 0. The van der Waals surface area contributed by atoms with Crippen molar-refractivity contribution in [3.8, 4) is 0 Å². The molecule has 4 heteroatoms. The first-order valence-electron chi connectivity index (χ1n) is 8.10. The Balaban J connectivity index is 3.21. The normalized spacial score (nSPS) is 10.8. The van der Waals surface area contributed by atoms with E-state index in [0.29, 0.717) is 19.6 Å². The van der Waals surface area contributed by atoms with E-state index >= 15 is 0 Å². The number of carbonyl (C=O) groups is 2. The first kappa shape index (κ1) is 19.7. The van der Waals surface area contributed by atoms with E-state index in [1.807, 2.05) is 12.2 Å². The van der Waals surface area contributed by atoms with E-state index in [-0.39, 0.29) is 11.9 Å². The smallest absolute Gasteiger partial charge is 0.305 e. The minimum absolute atomic E-state index is 0.0585. The molecule has 4 nitrogen and oxygen atoms in total. The fourth-order valence-electron chi connectivity index (χ4n) is 1.82. The van der Waals surface area contributed by atoms with Crippen LogP contribution in [0.1, 0.15) is 71.6 Å². The molecule has 0 N–H and O–H groups in total. The number of hydrogen-bond acceptors (Lipinski definition) is 4. The Kier molecular flexibility index (Phi) is 14.1. The van der Waals surface area contributed by atoms with Gasteiger partial charge in [0.15, 0.2) is 0 Å². The number of ether oxygens (including phenoxy) is 2. The number of unbranched alkanes of at least 4 members (excludes halogenated alkanes) is 6. The van der Waals surface area contributed by atoms with Gasteiger partial charge in [0.1, 0.15) is 6.61 Å². The van der Waals surface area contributed by atoms with E-state index in [2.05, 4.69) is 6.92 Å². The van der Waals surface area contributed by atoms with Gasteiger partial charge in [-0.3, -0.25) is 9.59 Å². The van der Waals surface area contributed by atoms with E-state index < -0.39 is 0 Å². The fraction of sp³-hybridized carbons (Fsp3) is 0.765. The predicted octanol–water partition coefficient (Wildman–Crippen LogP) is 4.18. The summed E-state index contributed by atoms with van der Waals surface area (Å²) in [5.74, 6) is -0.301. The summed E-state index contributed by atoms with van der Waals surface area (Å²) in [4.78, 5) is 21.8. The van der Waals surface area contributed by atoms with Gasteiger partial charge in [-0.1, -0.05) is 44.8 Å². The zero-order chi connectivity index (χ0) is 15.8. The molecule has 0 atom stereocenters. The summed E-state index contributed by atoms with van der Waals surface area (Å²) < 4.78 is 9.89. The summed E-state index contributed by atoms with van der Waals surface area (Å²) in [6.07, 6.45) is 13.0. The highest BCUT2D eigenvalue weighted by molar-refractivity contribution is 5.69. The van der Waals surface area contributed by atoms with E-state index in [9.17, 15) is 9.59 Å². The van der Waals surface area contributed by atoms with Crippen molar-refractivity contribution in [1.82, 2.24) is 0 Å². The largest absolute Gasteiger partial charge is 0.466 e. The molecule has 0 saturated heterocycles. The summed E-state index contributed by atoms with van der Waals surface area (Å²) in [5.41, 5.74) is 0. The van der Waals surface area contributed by atoms with Gasteiger partial charge < -0.3 is 9.47 Å². The molecule has 0 aliphatic carbocycles. The summed E-state index contributed by atoms with van der Waals surface area (Å²) in [6.45, 7) is 4.43. The molecule has 0 heterocycles. The van der Waals surface area contributed by atoms with Gasteiger partial charge in [0.25, 0.3) is 0 Å². The monoisotopic (exact) mass is 298 g/mol. The molecule has 122 valence electrons. The second-order valence-electron chi connectivity index (χ2n) is 5.15. The van der Waals surface area contributed by atoms with Gasteiger partial charge in [-0.2, -0.15) is 0 Å². The van der Waals surface area contributed by atoms with E-state index in [0.717, 1.165) is 44.9 Å². The Labute approximate surface area is 128 Å². The van der Waals surface area contributed by atoms with E-state index in [1.165, 1.54) is 13.3 Å². The van der Waals surface area contributed by atoms with Crippen LogP contribution >= 0.6 is 0 Å². The minimum atomic E-state index is -0.243. The number of hydrogen-bond donors (Lipinski definition) is 0. The van der Waals surface area contributed by atoms with Crippen molar-refractivity contribution >= 4 is 11.9 Å². The maximum atomic E-state index is 11.3. The van der Waals surface area contributed by atoms with Crippen molar-refractivity contribution in [2.24, 2.45) is 0 Å². The zero-order valence-corrected chi connectivity index (χ0v) is 13.6. The van der Waals surface area contributed by atoms with Crippen molar-refractivity contribution in [2.75, 3.05) is 13.2 Å².